The van der Waals surface area contributed by atoms with Crippen LogP contribution in [0, 0.1) is 0 Å². The van der Waals surface area contributed by atoms with E-state index >= 15 is 0 Å². The van der Waals surface area contributed by atoms with Crippen LogP contribution in [-0.2, 0) is 5.41 Å². The Labute approximate surface area is 79.3 Å². The summed E-state index contributed by atoms with van der Waals surface area (Å²) >= 11 is 0. The van der Waals surface area contributed by atoms with E-state index in [-0.39, 0.29) is 11.5 Å². The predicted octanol–water partition coefficient (Wildman–Crippen LogP) is 2.23. The lowest BCUT2D eigenvalue weighted by Gasteiger charge is -2.20. The largest absolute Gasteiger partial charge is 0.324 e. The molecule has 1 aromatic carbocycles. The summed E-state index contributed by atoms with van der Waals surface area (Å²) in [4.78, 5) is 0. The minimum atomic E-state index is 0.106. The average Bonchev–Trinajstić information content (AvgIpc) is 2.99. The van der Waals surface area contributed by atoms with Crippen LogP contribution in [0.4, 0.5) is 0 Å². The van der Waals surface area contributed by atoms with Gasteiger partial charge in [0.05, 0.1) is 0 Å². The molecular formula is C12H15N. The molecule has 1 aromatic rings. The molecule has 1 fully saturated rings. The lowest BCUT2D eigenvalue weighted by molar-refractivity contribution is 0.603. The molecule has 0 amide bonds. The number of nitrogens with two attached hydrogens (primary N) is 1. The first-order valence-corrected chi connectivity index (χ1v) is 4.73. The maximum atomic E-state index is 6.03. The van der Waals surface area contributed by atoms with Crippen molar-refractivity contribution in [1.29, 1.82) is 0 Å². The van der Waals surface area contributed by atoms with Crippen LogP contribution in [0.15, 0.2) is 43.0 Å². The highest BCUT2D eigenvalue weighted by atomic mass is 14.7. The van der Waals surface area contributed by atoms with Gasteiger partial charge in [-0.15, -0.1) is 6.58 Å². The Morgan fingerprint density at radius 3 is 2.38 bits per heavy atom. The van der Waals surface area contributed by atoms with Crippen molar-refractivity contribution in [3.63, 3.8) is 0 Å². The van der Waals surface area contributed by atoms with Crippen molar-refractivity contribution in [3.05, 3.63) is 48.6 Å². The summed E-state index contributed by atoms with van der Waals surface area (Å²) in [6.07, 6.45) is 4.26. The topological polar surface area (TPSA) is 26.0 Å². The molecule has 1 unspecified atom stereocenters. The van der Waals surface area contributed by atoms with Crippen LogP contribution >= 0.6 is 0 Å². The maximum Gasteiger partial charge on any atom is 0.0319 e. The fourth-order valence-corrected chi connectivity index (χ4v) is 1.94. The fourth-order valence-electron chi connectivity index (χ4n) is 1.94. The molecular weight excluding hydrogens is 158 g/mol. The van der Waals surface area contributed by atoms with Gasteiger partial charge in [-0.2, -0.15) is 0 Å². The molecule has 0 heterocycles. The molecule has 0 saturated heterocycles. The number of hydrogen-bond donors (Lipinski definition) is 1. The van der Waals surface area contributed by atoms with E-state index in [1.54, 1.807) is 0 Å². The number of hydrogen-bond acceptors (Lipinski definition) is 1. The van der Waals surface area contributed by atoms with Crippen molar-refractivity contribution in [3.8, 4) is 0 Å². The molecule has 0 spiro atoms. The minimum Gasteiger partial charge on any atom is -0.324 e. The molecule has 2 rings (SSSR count). The van der Waals surface area contributed by atoms with Gasteiger partial charge in [0.2, 0.25) is 0 Å². The van der Waals surface area contributed by atoms with Gasteiger partial charge in [0.1, 0.15) is 0 Å². The van der Waals surface area contributed by atoms with Gasteiger partial charge in [0.25, 0.3) is 0 Å². The second kappa shape index (κ2) is 3.00. The van der Waals surface area contributed by atoms with Gasteiger partial charge in [0, 0.05) is 11.5 Å². The minimum absolute atomic E-state index is 0.106. The third-order valence-electron chi connectivity index (χ3n) is 3.03. The Bertz CT molecular complexity index is 298. The molecule has 68 valence electrons. The van der Waals surface area contributed by atoms with Crippen LogP contribution in [0.3, 0.4) is 0 Å². The smallest absolute Gasteiger partial charge is 0.0319 e. The highest BCUT2D eigenvalue weighted by Crippen LogP contribution is 2.50. The van der Waals surface area contributed by atoms with Gasteiger partial charge in [-0.25, -0.2) is 0 Å². The standard InChI is InChI=1S/C12H15N/c1-2-11(13)12(8-9-12)10-6-4-3-5-7-10/h2-7,11H,1,8-9,13H2. The second-order valence-electron chi connectivity index (χ2n) is 3.78. The number of rotatable bonds is 3. The third kappa shape index (κ3) is 1.29. The summed E-state index contributed by atoms with van der Waals surface area (Å²) in [6.45, 7) is 3.77. The summed E-state index contributed by atoms with van der Waals surface area (Å²) in [6, 6.07) is 10.6. The van der Waals surface area contributed by atoms with Crippen molar-refractivity contribution >= 4 is 0 Å². The Morgan fingerprint density at radius 2 is 1.92 bits per heavy atom. The first kappa shape index (κ1) is 8.52. The summed E-state index contributed by atoms with van der Waals surface area (Å²) < 4.78 is 0. The summed E-state index contributed by atoms with van der Waals surface area (Å²) in [5.41, 5.74) is 7.60. The quantitative estimate of drug-likeness (QED) is 0.697. The van der Waals surface area contributed by atoms with Crippen molar-refractivity contribution in [1.82, 2.24) is 0 Å². The zero-order valence-corrected chi connectivity index (χ0v) is 7.74. The van der Waals surface area contributed by atoms with E-state index in [0.29, 0.717) is 0 Å². The third-order valence-corrected chi connectivity index (χ3v) is 3.03. The molecule has 0 aliphatic heterocycles. The molecule has 0 radical (unpaired) electrons. The van der Waals surface area contributed by atoms with E-state index in [1.165, 1.54) is 18.4 Å². The average molecular weight is 173 g/mol. The van der Waals surface area contributed by atoms with Crippen LogP contribution in [0.5, 0.6) is 0 Å². The van der Waals surface area contributed by atoms with E-state index < -0.39 is 0 Å². The first-order chi connectivity index (χ1) is 6.29. The highest BCUT2D eigenvalue weighted by Gasteiger charge is 2.47. The lowest BCUT2D eigenvalue weighted by Crippen LogP contribution is -2.32. The molecule has 1 nitrogen and oxygen atoms in total. The fraction of sp³-hybridized carbons (Fsp3) is 0.333. The second-order valence-corrected chi connectivity index (χ2v) is 3.78. The first-order valence-electron chi connectivity index (χ1n) is 4.73. The SMILES string of the molecule is C=CC(N)C1(c2ccccc2)CC1. The van der Waals surface area contributed by atoms with E-state index in [1.807, 2.05) is 12.1 Å². The molecule has 1 aliphatic rings. The summed E-state index contributed by atoms with van der Waals surface area (Å²) in [5, 5.41) is 0. The van der Waals surface area contributed by atoms with E-state index in [2.05, 4.69) is 30.8 Å². The van der Waals surface area contributed by atoms with Crippen molar-refractivity contribution in [2.75, 3.05) is 0 Å². The van der Waals surface area contributed by atoms with Crippen molar-refractivity contribution < 1.29 is 0 Å². The maximum absolute atomic E-state index is 6.03. The van der Waals surface area contributed by atoms with E-state index in [0.717, 1.165) is 0 Å². The summed E-state index contributed by atoms with van der Waals surface area (Å²) in [7, 11) is 0. The van der Waals surface area contributed by atoms with Crippen LogP contribution < -0.4 is 5.73 Å². The van der Waals surface area contributed by atoms with Crippen LogP contribution in [0.25, 0.3) is 0 Å². The molecule has 13 heavy (non-hydrogen) atoms. The van der Waals surface area contributed by atoms with Gasteiger partial charge in [-0.3, -0.25) is 0 Å². The van der Waals surface area contributed by atoms with Crippen molar-refractivity contribution in [2.24, 2.45) is 5.73 Å². The Balaban J connectivity index is 2.31. The molecule has 1 aliphatic carbocycles. The zero-order chi connectivity index (χ0) is 9.31. The molecule has 0 bridgehead atoms. The Morgan fingerprint density at radius 1 is 1.31 bits per heavy atom. The highest BCUT2D eigenvalue weighted by molar-refractivity contribution is 5.35. The van der Waals surface area contributed by atoms with Crippen LogP contribution in [0.1, 0.15) is 18.4 Å². The van der Waals surface area contributed by atoms with Gasteiger partial charge in [-0.1, -0.05) is 36.4 Å². The van der Waals surface area contributed by atoms with Gasteiger partial charge >= 0.3 is 0 Å². The molecule has 2 N–H and O–H groups in total. The summed E-state index contributed by atoms with van der Waals surface area (Å²) in [5.74, 6) is 0. The van der Waals surface area contributed by atoms with Crippen LogP contribution in [0.2, 0.25) is 0 Å². The zero-order valence-electron chi connectivity index (χ0n) is 7.74. The van der Waals surface area contributed by atoms with Gasteiger partial charge in [-0.05, 0) is 18.4 Å². The van der Waals surface area contributed by atoms with E-state index in [9.17, 15) is 0 Å². The Hall–Kier alpha value is -1.08. The normalized spacial score (nSPS) is 20.7. The molecule has 1 heteroatoms. The lowest BCUT2D eigenvalue weighted by atomic mass is 9.89. The predicted molar refractivity (Wildman–Crippen MR) is 55.5 cm³/mol. The van der Waals surface area contributed by atoms with Gasteiger partial charge < -0.3 is 5.73 Å². The Kier molecular flexibility index (Phi) is 1.97. The van der Waals surface area contributed by atoms with Crippen LogP contribution in [-0.4, -0.2) is 6.04 Å². The van der Waals surface area contributed by atoms with Gasteiger partial charge in [0.15, 0.2) is 0 Å². The molecule has 1 saturated carbocycles. The van der Waals surface area contributed by atoms with E-state index in [4.69, 9.17) is 5.73 Å². The molecule has 1 atom stereocenters. The molecule has 0 aromatic heterocycles. The monoisotopic (exact) mass is 173 g/mol. The number of benzene rings is 1. The van der Waals surface area contributed by atoms with Crippen molar-refractivity contribution in [2.45, 2.75) is 24.3 Å².